The molecule has 5 nitrogen and oxygen atoms in total. The highest BCUT2D eigenvalue weighted by Crippen LogP contribution is 2.59. The van der Waals surface area contributed by atoms with Crippen molar-refractivity contribution in [2.45, 2.75) is 33.1 Å². The molecule has 0 aromatic heterocycles. The largest absolute Gasteiger partial charge is 0.460 e. The maximum absolute atomic E-state index is 12.6. The Morgan fingerprint density at radius 3 is 2.38 bits per heavy atom. The quantitative estimate of drug-likeness (QED) is 0.441. The summed E-state index contributed by atoms with van der Waals surface area (Å²) in [6.45, 7) is 4.61. The first-order chi connectivity index (χ1) is 12.4. The third-order valence-electron chi connectivity index (χ3n) is 7.83. The number of amides is 2. The number of hydrogen-bond donors (Lipinski definition) is 0. The van der Waals surface area contributed by atoms with Gasteiger partial charge >= 0.3 is 5.97 Å². The van der Waals surface area contributed by atoms with E-state index in [2.05, 4.69) is 32.1 Å². The van der Waals surface area contributed by atoms with E-state index in [-0.39, 0.29) is 48.6 Å². The lowest BCUT2D eigenvalue weighted by Gasteiger charge is -2.56. The fraction of sp³-hybridized carbons (Fsp3) is 0.667. The van der Waals surface area contributed by atoms with Crippen LogP contribution in [-0.2, 0) is 19.1 Å². The van der Waals surface area contributed by atoms with Gasteiger partial charge in [-0.25, -0.2) is 0 Å². The van der Waals surface area contributed by atoms with Crippen LogP contribution in [0.25, 0.3) is 0 Å². The zero-order valence-corrected chi connectivity index (χ0v) is 15.3. The van der Waals surface area contributed by atoms with Crippen LogP contribution in [0.4, 0.5) is 0 Å². The second-order valence-electron chi connectivity index (χ2n) is 9.24. The summed E-state index contributed by atoms with van der Waals surface area (Å²) in [5, 5.41) is 0. The molecule has 5 aliphatic carbocycles. The molecule has 0 radical (unpaired) electrons. The summed E-state index contributed by atoms with van der Waals surface area (Å²) in [5.41, 5.74) is 1.49. The third kappa shape index (κ3) is 2.06. The number of esters is 1. The van der Waals surface area contributed by atoms with E-state index in [1.54, 1.807) is 0 Å². The zero-order valence-electron chi connectivity index (χ0n) is 15.3. The van der Waals surface area contributed by atoms with Gasteiger partial charge in [-0.15, -0.1) is 0 Å². The van der Waals surface area contributed by atoms with E-state index in [1.807, 2.05) is 0 Å². The number of carbonyl (C=O) groups excluding carboxylic acids is 3. The number of likely N-dealkylation sites (tertiary alicyclic amines) is 1. The normalized spacial score (nSPS) is 41.2. The number of nitrogens with zero attached hydrogens (tertiary/aromatic N) is 1. The summed E-state index contributed by atoms with van der Waals surface area (Å²) in [6, 6.07) is 0. The number of allylic oxidation sites excluding steroid dienone is 3. The van der Waals surface area contributed by atoms with Crippen LogP contribution in [0, 0.1) is 40.9 Å². The minimum atomic E-state index is -0.480. The number of ether oxygens (including phenoxy) is 1. The predicted molar refractivity (Wildman–Crippen MR) is 93.5 cm³/mol. The second kappa shape index (κ2) is 5.30. The van der Waals surface area contributed by atoms with Gasteiger partial charge in [0.05, 0.1) is 11.8 Å². The Kier molecular flexibility index (Phi) is 3.32. The van der Waals surface area contributed by atoms with Crippen molar-refractivity contribution >= 4 is 17.8 Å². The molecule has 138 valence electrons. The van der Waals surface area contributed by atoms with Crippen molar-refractivity contribution < 1.29 is 19.1 Å². The fourth-order valence-corrected chi connectivity index (χ4v) is 6.10. The molecule has 0 spiro atoms. The summed E-state index contributed by atoms with van der Waals surface area (Å²) >= 11 is 0. The van der Waals surface area contributed by atoms with Crippen molar-refractivity contribution in [3.8, 4) is 0 Å². The van der Waals surface area contributed by atoms with Crippen LogP contribution in [0.5, 0.6) is 0 Å². The summed E-state index contributed by atoms with van der Waals surface area (Å²) < 4.78 is 5.45. The Hall–Kier alpha value is -1.91. The Labute approximate surface area is 153 Å². The molecule has 6 rings (SSSR count). The van der Waals surface area contributed by atoms with Crippen LogP contribution in [0.3, 0.4) is 0 Å². The van der Waals surface area contributed by atoms with Crippen LogP contribution in [0.2, 0.25) is 0 Å². The van der Waals surface area contributed by atoms with Gasteiger partial charge in [0.1, 0.15) is 13.2 Å². The van der Waals surface area contributed by atoms with E-state index in [9.17, 15) is 14.4 Å². The highest BCUT2D eigenvalue weighted by Gasteiger charge is 2.59. The highest BCUT2D eigenvalue weighted by molar-refractivity contribution is 6.08. The smallest absolute Gasteiger partial charge is 0.326 e. The molecule has 1 heterocycles. The van der Waals surface area contributed by atoms with Crippen LogP contribution in [-0.4, -0.2) is 35.8 Å². The third-order valence-corrected chi connectivity index (χ3v) is 7.83. The SMILES string of the molecule is CC1(C)[C@H]2CC=C(COC(=O)CN3C(=O)[C@@H]4[C@H](C3=O)[C@H]3C=C[C@H]4C3)[C@@H]1C2. The first kappa shape index (κ1) is 16.3. The van der Waals surface area contributed by atoms with E-state index >= 15 is 0 Å². The highest BCUT2D eigenvalue weighted by atomic mass is 16.5. The number of fused-ring (bicyclic) bond motifs is 6. The Morgan fingerprint density at radius 2 is 1.81 bits per heavy atom. The van der Waals surface area contributed by atoms with E-state index in [0.717, 1.165) is 23.7 Å². The number of carbonyl (C=O) groups is 3. The lowest BCUT2D eigenvalue weighted by atomic mass is 9.49. The maximum atomic E-state index is 12.6. The topological polar surface area (TPSA) is 63.7 Å². The summed E-state index contributed by atoms with van der Waals surface area (Å²) in [7, 11) is 0. The molecular weight excluding hydrogens is 330 g/mol. The molecule has 5 heteroatoms. The van der Waals surface area contributed by atoms with Gasteiger partial charge in [0.2, 0.25) is 11.8 Å². The summed E-state index contributed by atoms with van der Waals surface area (Å²) in [6.07, 6.45) is 9.45. The lowest BCUT2D eigenvalue weighted by molar-refractivity contribution is -0.153. The molecule has 4 bridgehead atoms. The Morgan fingerprint density at radius 1 is 1.15 bits per heavy atom. The minimum Gasteiger partial charge on any atom is -0.460 e. The average Bonchev–Trinajstić information content (AvgIpc) is 3.30. The van der Waals surface area contributed by atoms with Gasteiger partial charge in [0.15, 0.2) is 0 Å². The first-order valence-electron chi connectivity index (χ1n) is 9.76. The molecule has 1 aliphatic heterocycles. The monoisotopic (exact) mass is 355 g/mol. The molecule has 26 heavy (non-hydrogen) atoms. The van der Waals surface area contributed by atoms with Crippen LogP contribution in [0.15, 0.2) is 23.8 Å². The van der Waals surface area contributed by atoms with E-state index < -0.39 is 5.97 Å². The van der Waals surface area contributed by atoms with Crippen molar-refractivity contribution in [3.63, 3.8) is 0 Å². The van der Waals surface area contributed by atoms with Gasteiger partial charge in [0.25, 0.3) is 0 Å². The minimum absolute atomic E-state index is 0.170. The lowest BCUT2D eigenvalue weighted by Crippen LogP contribution is -2.49. The molecule has 3 fully saturated rings. The summed E-state index contributed by atoms with van der Waals surface area (Å²) in [4.78, 5) is 38.7. The van der Waals surface area contributed by atoms with Gasteiger partial charge in [0, 0.05) is 0 Å². The van der Waals surface area contributed by atoms with Gasteiger partial charge in [-0.05, 0) is 53.9 Å². The molecule has 6 aliphatic rings. The molecule has 6 atom stereocenters. The molecule has 0 unspecified atom stereocenters. The standard InChI is InChI=1S/C21H25NO4/c1-21(2)14-6-5-13(15(21)8-14)10-26-16(23)9-22-19(24)17-11-3-4-12(7-11)18(17)20(22)25/h3-5,11-12,14-15,17-18H,6-10H2,1-2H3/t11-,12-,14-,15-,17-,18+/m0/s1. The van der Waals surface area contributed by atoms with Crippen LogP contribution in [0.1, 0.15) is 33.1 Å². The van der Waals surface area contributed by atoms with Crippen LogP contribution < -0.4 is 0 Å². The van der Waals surface area contributed by atoms with E-state index in [1.165, 1.54) is 12.0 Å². The van der Waals surface area contributed by atoms with Gasteiger partial charge in [-0.2, -0.15) is 0 Å². The van der Waals surface area contributed by atoms with Crippen molar-refractivity contribution in [1.82, 2.24) is 4.90 Å². The molecule has 2 saturated carbocycles. The van der Waals surface area contributed by atoms with E-state index in [4.69, 9.17) is 4.74 Å². The molecule has 0 aromatic rings. The van der Waals surface area contributed by atoms with Crippen molar-refractivity contribution in [2.75, 3.05) is 13.2 Å². The molecule has 0 N–H and O–H groups in total. The van der Waals surface area contributed by atoms with Crippen molar-refractivity contribution in [3.05, 3.63) is 23.8 Å². The molecule has 1 saturated heterocycles. The average molecular weight is 355 g/mol. The van der Waals surface area contributed by atoms with E-state index in [0.29, 0.717) is 11.3 Å². The number of rotatable bonds is 4. The number of imide groups is 1. The second-order valence-corrected chi connectivity index (χ2v) is 9.24. The number of hydrogen-bond acceptors (Lipinski definition) is 4. The van der Waals surface area contributed by atoms with Crippen molar-refractivity contribution in [1.29, 1.82) is 0 Å². The zero-order chi connectivity index (χ0) is 18.2. The summed E-state index contributed by atoms with van der Waals surface area (Å²) in [5.74, 6) is 0.222. The molecular formula is C21H25NO4. The first-order valence-corrected chi connectivity index (χ1v) is 9.76. The Bertz CT molecular complexity index is 734. The Balaban J connectivity index is 1.20. The van der Waals surface area contributed by atoms with Crippen molar-refractivity contribution in [2.24, 2.45) is 40.9 Å². The molecule has 0 aromatic carbocycles. The predicted octanol–water partition coefficient (Wildman–Crippen LogP) is 2.33. The maximum Gasteiger partial charge on any atom is 0.326 e. The molecule has 2 amide bonds. The van der Waals surface area contributed by atoms with Gasteiger partial charge in [-0.3, -0.25) is 19.3 Å². The van der Waals surface area contributed by atoms with Crippen LogP contribution >= 0.6 is 0 Å². The fourth-order valence-electron chi connectivity index (χ4n) is 6.10. The van der Waals surface area contributed by atoms with Gasteiger partial charge in [-0.1, -0.05) is 32.1 Å². The van der Waals surface area contributed by atoms with Gasteiger partial charge < -0.3 is 4.74 Å².